The third-order valence-corrected chi connectivity index (χ3v) is 5.57. The monoisotopic (exact) mass is 474 g/mol. The fourth-order valence-electron chi connectivity index (χ4n) is 3.78. The van der Waals surface area contributed by atoms with Gasteiger partial charge in [-0.1, -0.05) is 60.4 Å². The van der Waals surface area contributed by atoms with E-state index in [4.69, 9.17) is 4.42 Å². The van der Waals surface area contributed by atoms with Crippen molar-refractivity contribution in [2.45, 2.75) is 19.8 Å². The van der Waals surface area contributed by atoms with Crippen LogP contribution in [0, 0.1) is 18.8 Å². The van der Waals surface area contributed by atoms with Gasteiger partial charge in [0, 0.05) is 17.5 Å². The van der Waals surface area contributed by atoms with Gasteiger partial charge in [-0.25, -0.2) is 9.78 Å². The number of benzene rings is 3. The Morgan fingerprint density at radius 1 is 0.944 bits per heavy atom. The smallest absolute Gasteiger partial charge is 0.358 e. The number of hydrogen-bond donors (Lipinski definition) is 1. The zero-order valence-electron chi connectivity index (χ0n) is 19.5. The molecular weight excluding hydrogens is 452 g/mol. The number of aromatic nitrogens is 4. The summed E-state index contributed by atoms with van der Waals surface area (Å²) in [4.78, 5) is 17.7. The highest BCUT2D eigenvalue weighted by Gasteiger charge is 2.19. The molecule has 0 unspecified atom stereocenters. The number of rotatable bonds is 6. The van der Waals surface area contributed by atoms with Crippen molar-refractivity contribution in [2.24, 2.45) is 0 Å². The maximum atomic E-state index is 11.8. The fourth-order valence-corrected chi connectivity index (χ4v) is 3.78. The molecule has 5 rings (SSSR count). The SMILES string of the molecule is Cc1oc(-c2ccccc2)nc1CC#Cc1cccc(Cc2nn(-c3ccccc3)nc2C(=O)O)c1. The first-order chi connectivity index (χ1) is 17.6. The highest BCUT2D eigenvalue weighted by atomic mass is 16.4. The van der Waals surface area contributed by atoms with Gasteiger partial charge in [-0.15, -0.1) is 5.10 Å². The number of oxazole rings is 1. The zero-order chi connectivity index (χ0) is 24.9. The fraction of sp³-hybridized carbons (Fsp3) is 0.103. The zero-order valence-corrected chi connectivity index (χ0v) is 19.5. The van der Waals surface area contributed by atoms with Crippen LogP contribution in [0.3, 0.4) is 0 Å². The predicted molar refractivity (Wildman–Crippen MR) is 135 cm³/mol. The van der Waals surface area contributed by atoms with Crippen molar-refractivity contribution in [1.82, 2.24) is 20.0 Å². The lowest BCUT2D eigenvalue weighted by molar-refractivity contribution is 0.0689. The van der Waals surface area contributed by atoms with Crippen molar-refractivity contribution >= 4 is 5.97 Å². The number of carboxylic acid groups (broad SMARTS) is 1. The van der Waals surface area contributed by atoms with E-state index in [2.05, 4.69) is 27.0 Å². The number of carbonyl (C=O) groups is 1. The van der Waals surface area contributed by atoms with E-state index in [1.54, 1.807) is 0 Å². The van der Waals surface area contributed by atoms with Crippen molar-refractivity contribution in [1.29, 1.82) is 0 Å². The van der Waals surface area contributed by atoms with Crippen LogP contribution in [-0.4, -0.2) is 31.1 Å². The van der Waals surface area contributed by atoms with Crippen LogP contribution in [-0.2, 0) is 12.8 Å². The van der Waals surface area contributed by atoms with Crippen LogP contribution in [0.2, 0.25) is 0 Å². The second-order valence-electron chi connectivity index (χ2n) is 8.17. The third-order valence-electron chi connectivity index (χ3n) is 5.57. The molecular formula is C29H22N4O3. The Balaban J connectivity index is 1.33. The van der Waals surface area contributed by atoms with Crippen molar-refractivity contribution < 1.29 is 14.3 Å². The van der Waals surface area contributed by atoms with Crippen LogP contribution in [0.1, 0.15) is 38.8 Å². The lowest BCUT2D eigenvalue weighted by Crippen LogP contribution is -2.03. The summed E-state index contributed by atoms with van der Waals surface area (Å²) in [5, 5.41) is 18.2. The topological polar surface area (TPSA) is 94.0 Å². The van der Waals surface area contributed by atoms with Gasteiger partial charge in [-0.3, -0.25) is 0 Å². The van der Waals surface area contributed by atoms with Crippen LogP contribution in [0.15, 0.2) is 89.3 Å². The summed E-state index contributed by atoms with van der Waals surface area (Å²) in [6.07, 6.45) is 0.785. The molecule has 0 aliphatic carbocycles. The van der Waals surface area contributed by atoms with Crippen molar-refractivity contribution in [3.8, 4) is 29.0 Å². The molecule has 36 heavy (non-hydrogen) atoms. The number of aryl methyl sites for hydroxylation is 1. The van der Waals surface area contributed by atoms with Gasteiger partial charge < -0.3 is 9.52 Å². The Labute approximate surface area is 208 Å². The molecule has 176 valence electrons. The molecule has 0 spiro atoms. The first-order valence-corrected chi connectivity index (χ1v) is 11.4. The Hall–Kier alpha value is -4.96. The van der Waals surface area contributed by atoms with Crippen molar-refractivity contribution in [2.75, 3.05) is 0 Å². The minimum atomic E-state index is -1.11. The summed E-state index contributed by atoms with van der Waals surface area (Å²) in [6.45, 7) is 1.89. The van der Waals surface area contributed by atoms with Crippen molar-refractivity contribution in [3.05, 3.63) is 119 Å². The van der Waals surface area contributed by atoms with E-state index >= 15 is 0 Å². The van der Waals surface area contributed by atoms with Crippen molar-refractivity contribution in [3.63, 3.8) is 0 Å². The maximum Gasteiger partial charge on any atom is 0.358 e. The third kappa shape index (κ3) is 5.08. The molecule has 7 heteroatoms. The molecule has 0 saturated heterocycles. The molecule has 2 heterocycles. The highest BCUT2D eigenvalue weighted by molar-refractivity contribution is 5.86. The number of nitrogens with zero attached hydrogens (tertiary/aromatic N) is 4. The lowest BCUT2D eigenvalue weighted by atomic mass is 10.1. The minimum Gasteiger partial charge on any atom is -0.476 e. The van der Waals surface area contributed by atoms with Gasteiger partial charge in [0.1, 0.15) is 11.5 Å². The Bertz CT molecular complexity index is 1580. The molecule has 1 N–H and O–H groups in total. The van der Waals surface area contributed by atoms with E-state index in [0.717, 1.165) is 28.1 Å². The molecule has 5 aromatic rings. The summed E-state index contributed by atoms with van der Waals surface area (Å²) < 4.78 is 5.81. The Morgan fingerprint density at radius 3 is 2.44 bits per heavy atom. The van der Waals surface area contributed by atoms with Crippen LogP contribution in [0.4, 0.5) is 0 Å². The molecule has 0 atom stereocenters. The normalized spacial score (nSPS) is 10.6. The summed E-state index contributed by atoms with van der Waals surface area (Å²) in [7, 11) is 0. The highest BCUT2D eigenvalue weighted by Crippen LogP contribution is 2.21. The van der Waals surface area contributed by atoms with Gasteiger partial charge in [0.05, 0.1) is 17.8 Å². The first-order valence-electron chi connectivity index (χ1n) is 11.4. The van der Waals surface area contributed by atoms with E-state index in [-0.39, 0.29) is 5.69 Å². The molecule has 0 radical (unpaired) electrons. The Kier molecular flexibility index (Phi) is 6.41. The van der Waals surface area contributed by atoms with E-state index in [0.29, 0.717) is 30.1 Å². The van der Waals surface area contributed by atoms with Crippen LogP contribution >= 0.6 is 0 Å². The van der Waals surface area contributed by atoms with Gasteiger partial charge in [-0.2, -0.15) is 9.90 Å². The summed E-state index contributed by atoms with van der Waals surface area (Å²) in [5.74, 6) is 6.57. The predicted octanol–water partition coefficient (Wildman–Crippen LogP) is 5.11. The Morgan fingerprint density at radius 2 is 1.69 bits per heavy atom. The second-order valence-corrected chi connectivity index (χ2v) is 8.17. The average Bonchev–Trinajstić information content (AvgIpc) is 3.49. The largest absolute Gasteiger partial charge is 0.476 e. The average molecular weight is 475 g/mol. The van der Waals surface area contributed by atoms with Gasteiger partial charge in [0.25, 0.3) is 0 Å². The van der Waals surface area contributed by atoms with E-state index in [1.165, 1.54) is 4.80 Å². The van der Waals surface area contributed by atoms with Gasteiger partial charge in [0.2, 0.25) is 5.89 Å². The number of carboxylic acids is 1. The molecule has 0 aliphatic rings. The molecule has 7 nitrogen and oxygen atoms in total. The minimum absolute atomic E-state index is 0.0638. The molecule has 0 amide bonds. The number of hydrogen-bond acceptors (Lipinski definition) is 5. The van der Waals surface area contributed by atoms with Gasteiger partial charge >= 0.3 is 5.97 Å². The number of aromatic carboxylic acids is 1. The first kappa shape index (κ1) is 22.8. The van der Waals surface area contributed by atoms with Crippen LogP contribution in [0.25, 0.3) is 17.1 Å². The number of para-hydroxylation sites is 1. The molecule has 0 bridgehead atoms. The molecule has 2 aromatic heterocycles. The summed E-state index contributed by atoms with van der Waals surface area (Å²) in [5.41, 5.74) is 4.48. The quantitative estimate of drug-likeness (QED) is 0.344. The van der Waals surface area contributed by atoms with Crippen LogP contribution in [0.5, 0.6) is 0 Å². The molecule has 3 aromatic carbocycles. The van der Waals surface area contributed by atoms with E-state index in [9.17, 15) is 9.90 Å². The second kappa shape index (κ2) is 10.1. The standard InChI is InChI=1S/C29H22N4O3/c1-20-25(30-28(36-20)23-13-4-2-5-14-23)17-9-11-21-10-8-12-22(18-21)19-26-27(29(34)35)32-33(31-26)24-15-6-3-7-16-24/h2-8,10,12-16,18H,17,19H2,1H3,(H,34,35). The molecule has 0 fully saturated rings. The summed E-state index contributed by atoms with van der Waals surface area (Å²) in [6, 6.07) is 26.7. The van der Waals surface area contributed by atoms with E-state index in [1.807, 2.05) is 91.9 Å². The lowest BCUT2D eigenvalue weighted by Gasteiger charge is -2.00. The maximum absolute atomic E-state index is 11.8. The van der Waals surface area contributed by atoms with E-state index < -0.39 is 5.97 Å². The molecule has 0 saturated carbocycles. The van der Waals surface area contributed by atoms with Gasteiger partial charge in [0.15, 0.2) is 5.69 Å². The van der Waals surface area contributed by atoms with Gasteiger partial charge in [-0.05, 0) is 48.9 Å². The summed E-state index contributed by atoms with van der Waals surface area (Å²) >= 11 is 0. The van der Waals surface area contributed by atoms with Crippen LogP contribution < -0.4 is 0 Å². The molecule has 0 aliphatic heterocycles.